The van der Waals surface area contributed by atoms with Crippen LogP contribution in [0.2, 0.25) is 0 Å². The van der Waals surface area contributed by atoms with Crippen molar-refractivity contribution in [2.45, 2.75) is 39.2 Å². The number of hydrogen-bond donors (Lipinski definition) is 1. The molecule has 0 aliphatic heterocycles. The van der Waals surface area contributed by atoms with Crippen LogP contribution in [-0.2, 0) is 9.53 Å². The van der Waals surface area contributed by atoms with E-state index in [4.69, 9.17) is 9.47 Å². The highest BCUT2D eigenvalue weighted by Gasteiger charge is 2.18. The van der Waals surface area contributed by atoms with E-state index in [1.807, 2.05) is 0 Å². The van der Waals surface area contributed by atoms with E-state index >= 15 is 0 Å². The van der Waals surface area contributed by atoms with Crippen LogP contribution in [0.5, 0.6) is 11.5 Å². The fourth-order valence-corrected chi connectivity index (χ4v) is 3.13. The van der Waals surface area contributed by atoms with E-state index < -0.39 is 5.60 Å². The lowest BCUT2D eigenvalue weighted by atomic mass is 10.1. The van der Waals surface area contributed by atoms with Gasteiger partial charge in [-0.15, -0.1) is 11.3 Å². The van der Waals surface area contributed by atoms with Crippen LogP contribution >= 0.6 is 11.3 Å². The SMILES string of the molecule is COc1cc2sc(C(=O)CCC(=O)OC(C)(C)C)cc2cc1O. The highest BCUT2D eigenvalue weighted by Crippen LogP contribution is 2.36. The molecule has 0 amide bonds. The lowest BCUT2D eigenvalue weighted by Crippen LogP contribution is -2.24. The van der Waals surface area contributed by atoms with Gasteiger partial charge in [0.25, 0.3) is 0 Å². The number of aromatic hydroxyl groups is 1. The molecule has 1 aromatic heterocycles. The highest BCUT2D eigenvalue weighted by atomic mass is 32.1. The molecule has 0 saturated heterocycles. The number of phenols is 1. The van der Waals surface area contributed by atoms with Crippen molar-refractivity contribution in [1.29, 1.82) is 0 Å². The molecule has 0 aliphatic rings. The number of ketones is 1. The van der Waals surface area contributed by atoms with Crippen LogP contribution in [0.25, 0.3) is 10.1 Å². The van der Waals surface area contributed by atoms with Crippen molar-refractivity contribution in [2.75, 3.05) is 7.11 Å². The predicted molar refractivity (Wildman–Crippen MR) is 89.5 cm³/mol. The van der Waals surface area contributed by atoms with Crippen molar-refractivity contribution in [3.8, 4) is 11.5 Å². The number of hydrogen-bond acceptors (Lipinski definition) is 6. The maximum Gasteiger partial charge on any atom is 0.306 e. The Balaban J connectivity index is 2.08. The highest BCUT2D eigenvalue weighted by molar-refractivity contribution is 7.20. The van der Waals surface area contributed by atoms with Crippen molar-refractivity contribution in [3.05, 3.63) is 23.1 Å². The van der Waals surface area contributed by atoms with Crippen LogP contribution in [0, 0.1) is 0 Å². The van der Waals surface area contributed by atoms with E-state index in [-0.39, 0.29) is 30.3 Å². The number of ether oxygens (including phenoxy) is 2. The van der Waals surface area contributed by atoms with Gasteiger partial charge in [0.15, 0.2) is 17.3 Å². The average Bonchev–Trinajstić information content (AvgIpc) is 2.84. The number of Topliss-reactive ketones (excluding diaryl/α,β-unsaturated/α-hetero) is 1. The first-order valence-electron chi connectivity index (χ1n) is 7.25. The van der Waals surface area contributed by atoms with Crippen LogP contribution < -0.4 is 4.74 Å². The summed E-state index contributed by atoms with van der Waals surface area (Å²) in [4.78, 5) is 24.5. The molecule has 2 aromatic rings. The second-order valence-corrected chi connectivity index (χ2v) is 7.27. The minimum atomic E-state index is -0.550. The Morgan fingerprint density at radius 2 is 1.87 bits per heavy atom. The minimum absolute atomic E-state index is 0.0329. The number of methoxy groups -OCH3 is 1. The van der Waals surface area contributed by atoms with E-state index in [1.165, 1.54) is 18.4 Å². The molecule has 124 valence electrons. The maximum absolute atomic E-state index is 12.2. The number of thiophene rings is 1. The predicted octanol–water partition coefficient (Wildman–Crippen LogP) is 3.92. The van der Waals surface area contributed by atoms with Crippen LogP contribution in [0.4, 0.5) is 0 Å². The maximum atomic E-state index is 12.2. The number of carbonyl (C=O) groups is 2. The molecule has 1 aromatic carbocycles. The van der Waals surface area contributed by atoms with Gasteiger partial charge in [0.1, 0.15) is 5.60 Å². The lowest BCUT2D eigenvalue weighted by Gasteiger charge is -2.19. The first kappa shape index (κ1) is 17.3. The molecule has 0 aliphatic carbocycles. The summed E-state index contributed by atoms with van der Waals surface area (Å²) < 4.78 is 11.1. The zero-order chi connectivity index (χ0) is 17.2. The Morgan fingerprint density at radius 1 is 1.17 bits per heavy atom. The monoisotopic (exact) mass is 336 g/mol. The standard InChI is InChI=1S/C17H20O5S/c1-17(2,3)22-16(20)6-5-11(18)15-8-10-7-12(19)13(21-4)9-14(10)23-15/h7-9,19H,5-6H2,1-4H3. The van der Waals surface area contributed by atoms with Gasteiger partial charge < -0.3 is 14.6 Å². The van der Waals surface area contributed by atoms with E-state index in [0.29, 0.717) is 10.6 Å². The molecule has 23 heavy (non-hydrogen) atoms. The van der Waals surface area contributed by atoms with Gasteiger partial charge in [-0.05, 0) is 38.3 Å². The number of benzene rings is 1. The summed E-state index contributed by atoms with van der Waals surface area (Å²) in [6.45, 7) is 5.37. The Kier molecular flexibility index (Phi) is 4.94. The number of fused-ring (bicyclic) bond motifs is 1. The van der Waals surface area contributed by atoms with Gasteiger partial charge in [-0.2, -0.15) is 0 Å². The first-order valence-corrected chi connectivity index (χ1v) is 8.07. The second-order valence-electron chi connectivity index (χ2n) is 6.18. The summed E-state index contributed by atoms with van der Waals surface area (Å²) >= 11 is 1.32. The largest absolute Gasteiger partial charge is 0.504 e. The average molecular weight is 336 g/mol. The van der Waals surface area contributed by atoms with Gasteiger partial charge in [0.2, 0.25) is 0 Å². The number of carbonyl (C=O) groups excluding carboxylic acids is 2. The van der Waals surface area contributed by atoms with Crippen molar-refractivity contribution < 1.29 is 24.2 Å². The van der Waals surface area contributed by atoms with Crippen molar-refractivity contribution in [1.82, 2.24) is 0 Å². The molecule has 0 unspecified atom stereocenters. The van der Waals surface area contributed by atoms with Gasteiger partial charge in [-0.1, -0.05) is 0 Å². The molecule has 1 heterocycles. The van der Waals surface area contributed by atoms with E-state index in [0.717, 1.165) is 10.1 Å². The summed E-state index contributed by atoms with van der Waals surface area (Å²) in [6, 6.07) is 4.98. The third-order valence-electron chi connectivity index (χ3n) is 3.07. The fourth-order valence-electron chi connectivity index (χ4n) is 2.09. The van der Waals surface area contributed by atoms with Crippen molar-refractivity contribution in [3.63, 3.8) is 0 Å². The van der Waals surface area contributed by atoms with E-state index in [2.05, 4.69) is 0 Å². The lowest BCUT2D eigenvalue weighted by molar-refractivity contribution is -0.154. The Hall–Kier alpha value is -2.08. The Labute approximate surface area is 138 Å². The minimum Gasteiger partial charge on any atom is -0.504 e. The van der Waals surface area contributed by atoms with Gasteiger partial charge in [-0.3, -0.25) is 9.59 Å². The zero-order valence-corrected chi connectivity index (χ0v) is 14.5. The third kappa shape index (κ3) is 4.45. The Bertz CT molecular complexity index is 739. The summed E-state index contributed by atoms with van der Waals surface area (Å²) in [5.74, 6) is -0.0977. The molecular weight excluding hydrogens is 316 g/mol. The van der Waals surface area contributed by atoms with Gasteiger partial charge >= 0.3 is 5.97 Å². The molecule has 0 atom stereocenters. The Morgan fingerprint density at radius 3 is 2.48 bits per heavy atom. The molecule has 1 N–H and O–H groups in total. The first-order chi connectivity index (χ1) is 10.7. The molecule has 0 radical (unpaired) electrons. The smallest absolute Gasteiger partial charge is 0.306 e. The van der Waals surface area contributed by atoms with Crippen LogP contribution in [-0.4, -0.2) is 29.6 Å². The molecule has 2 rings (SSSR count). The zero-order valence-electron chi connectivity index (χ0n) is 13.6. The molecule has 0 saturated carbocycles. The molecule has 0 fully saturated rings. The van der Waals surface area contributed by atoms with Crippen molar-refractivity contribution in [2.24, 2.45) is 0 Å². The summed E-state index contributed by atoms with van der Waals surface area (Å²) in [6.07, 6.45) is 0.157. The third-order valence-corrected chi connectivity index (χ3v) is 4.21. The fraction of sp³-hybridized carbons (Fsp3) is 0.412. The normalized spacial score (nSPS) is 11.5. The quantitative estimate of drug-likeness (QED) is 0.662. The second kappa shape index (κ2) is 6.58. The topological polar surface area (TPSA) is 72.8 Å². The molecule has 0 bridgehead atoms. The molecule has 6 heteroatoms. The van der Waals surface area contributed by atoms with Gasteiger partial charge in [0, 0.05) is 17.2 Å². The van der Waals surface area contributed by atoms with Gasteiger partial charge in [0.05, 0.1) is 18.4 Å². The van der Waals surface area contributed by atoms with E-state index in [1.54, 1.807) is 39.0 Å². The molecular formula is C17H20O5S. The van der Waals surface area contributed by atoms with Crippen LogP contribution in [0.15, 0.2) is 18.2 Å². The summed E-state index contributed by atoms with van der Waals surface area (Å²) in [5.41, 5.74) is -0.550. The summed E-state index contributed by atoms with van der Waals surface area (Å²) in [7, 11) is 1.47. The summed E-state index contributed by atoms with van der Waals surface area (Å²) in [5, 5.41) is 10.5. The molecule has 5 nitrogen and oxygen atoms in total. The van der Waals surface area contributed by atoms with Crippen molar-refractivity contribution >= 4 is 33.2 Å². The number of rotatable bonds is 5. The molecule has 0 spiro atoms. The van der Waals surface area contributed by atoms with Crippen LogP contribution in [0.1, 0.15) is 43.3 Å². The number of phenolic OH excluding ortho intramolecular Hbond substituents is 1. The van der Waals surface area contributed by atoms with E-state index in [9.17, 15) is 14.7 Å². The number of esters is 1. The van der Waals surface area contributed by atoms with Crippen LogP contribution in [0.3, 0.4) is 0 Å². The van der Waals surface area contributed by atoms with Gasteiger partial charge in [-0.25, -0.2) is 0 Å².